The predicted octanol–water partition coefficient (Wildman–Crippen LogP) is 3.27. The van der Waals surface area contributed by atoms with Crippen molar-refractivity contribution in [2.75, 3.05) is 16.8 Å². The molecule has 1 aliphatic rings. The van der Waals surface area contributed by atoms with Crippen molar-refractivity contribution in [3.05, 3.63) is 42.2 Å². The first-order valence-electron chi connectivity index (χ1n) is 7.80. The molecule has 5 nitrogen and oxygen atoms in total. The van der Waals surface area contributed by atoms with Gasteiger partial charge in [-0.25, -0.2) is 18.4 Å². The molecule has 7 heteroatoms. The van der Waals surface area contributed by atoms with Crippen molar-refractivity contribution >= 4 is 37.2 Å². The lowest BCUT2D eigenvalue weighted by molar-refractivity contribution is 0.602. The van der Waals surface area contributed by atoms with Crippen LogP contribution in [-0.4, -0.2) is 35.9 Å². The quantitative estimate of drug-likeness (QED) is 0.777. The average molecular weight is 359 g/mol. The summed E-state index contributed by atoms with van der Waals surface area (Å²) in [4.78, 5) is 10.9. The molecule has 124 valence electrons. The second-order valence-corrected chi connectivity index (χ2v) is 9.30. The topological polar surface area (TPSA) is 72.0 Å². The molecule has 1 saturated heterocycles. The molecular formula is C17H17N3O2S2. The summed E-state index contributed by atoms with van der Waals surface area (Å²) in [6.07, 6.45) is 2.17. The van der Waals surface area contributed by atoms with Crippen LogP contribution in [0.5, 0.6) is 0 Å². The molecule has 1 atom stereocenters. The molecule has 0 spiro atoms. The molecule has 0 bridgehead atoms. The van der Waals surface area contributed by atoms with E-state index in [1.807, 2.05) is 18.2 Å². The highest BCUT2D eigenvalue weighted by molar-refractivity contribution is 7.91. The molecule has 2 aromatic heterocycles. The number of fused-ring (bicyclic) bond motifs is 1. The van der Waals surface area contributed by atoms with E-state index < -0.39 is 9.84 Å². The van der Waals surface area contributed by atoms with E-state index in [0.717, 1.165) is 27.2 Å². The molecule has 0 radical (unpaired) electrons. The van der Waals surface area contributed by atoms with Crippen molar-refractivity contribution < 1.29 is 8.42 Å². The Labute approximate surface area is 144 Å². The largest absolute Gasteiger partial charge is 0.366 e. The Morgan fingerprint density at radius 2 is 2.00 bits per heavy atom. The van der Waals surface area contributed by atoms with E-state index in [4.69, 9.17) is 0 Å². The number of benzene rings is 1. The van der Waals surface area contributed by atoms with Crippen molar-refractivity contribution in [1.29, 1.82) is 0 Å². The highest BCUT2D eigenvalue weighted by Gasteiger charge is 2.28. The van der Waals surface area contributed by atoms with Gasteiger partial charge in [0.2, 0.25) is 0 Å². The fraction of sp³-hybridized carbons (Fsp3) is 0.294. The predicted molar refractivity (Wildman–Crippen MR) is 98.3 cm³/mol. The zero-order chi connectivity index (χ0) is 16.7. The SMILES string of the molecule is Cc1c(-c2ccccc2)sc2ncnc(N[C@H]3CCS(=O)(=O)C3)c12. The van der Waals surface area contributed by atoms with Crippen molar-refractivity contribution in [3.63, 3.8) is 0 Å². The first-order chi connectivity index (χ1) is 11.5. The maximum absolute atomic E-state index is 11.7. The summed E-state index contributed by atoms with van der Waals surface area (Å²) in [5.74, 6) is 1.15. The summed E-state index contributed by atoms with van der Waals surface area (Å²) in [7, 11) is -2.92. The molecule has 1 aliphatic heterocycles. The van der Waals surface area contributed by atoms with E-state index >= 15 is 0 Å². The summed E-state index contributed by atoms with van der Waals surface area (Å²) >= 11 is 1.64. The molecule has 3 heterocycles. The average Bonchev–Trinajstić information content (AvgIpc) is 3.09. The van der Waals surface area contributed by atoms with Crippen LogP contribution in [-0.2, 0) is 9.84 Å². The highest BCUT2D eigenvalue weighted by atomic mass is 32.2. The lowest BCUT2D eigenvalue weighted by atomic mass is 10.1. The summed E-state index contributed by atoms with van der Waals surface area (Å²) in [5.41, 5.74) is 2.29. The molecule has 24 heavy (non-hydrogen) atoms. The van der Waals surface area contributed by atoms with Crippen LogP contribution in [0.3, 0.4) is 0 Å². The third kappa shape index (κ3) is 2.78. The highest BCUT2D eigenvalue weighted by Crippen LogP contribution is 2.39. The molecule has 3 aromatic rings. The second-order valence-electron chi connectivity index (χ2n) is 6.07. The molecule has 1 N–H and O–H groups in total. The van der Waals surface area contributed by atoms with Crippen LogP contribution >= 0.6 is 11.3 Å². The van der Waals surface area contributed by atoms with Gasteiger partial charge in [0.15, 0.2) is 9.84 Å². The summed E-state index contributed by atoms with van der Waals surface area (Å²) < 4.78 is 23.4. The summed E-state index contributed by atoms with van der Waals surface area (Å²) in [5, 5.41) is 4.31. The van der Waals surface area contributed by atoms with Gasteiger partial charge in [-0.2, -0.15) is 0 Å². The van der Waals surface area contributed by atoms with E-state index in [1.165, 1.54) is 4.88 Å². The van der Waals surface area contributed by atoms with Gasteiger partial charge in [-0.3, -0.25) is 0 Å². The Balaban J connectivity index is 1.76. The van der Waals surface area contributed by atoms with Crippen LogP contribution in [0.2, 0.25) is 0 Å². The molecule has 4 rings (SSSR count). The second kappa shape index (κ2) is 5.82. The number of hydrogen-bond acceptors (Lipinski definition) is 6. The molecule has 0 unspecified atom stereocenters. The number of rotatable bonds is 3. The standard InChI is InChI=1S/C17H17N3O2S2/c1-11-14-16(20-13-7-8-24(21,22)9-13)18-10-19-17(14)23-15(11)12-5-3-2-4-6-12/h2-6,10,13H,7-9H2,1H3,(H,18,19,20)/t13-/m0/s1. The fourth-order valence-corrected chi connectivity index (χ4v) is 5.98. The number of aromatic nitrogens is 2. The maximum Gasteiger partial charge on any atom is 0.152 e. The van der Waals surface area contributed by atoms with Crippen LogP contribution in [0, 0.1) is 6.92 Å². The van der Waals surface area contributed by atoms with Crippen LogP contribution in [0.1, 0.15) is 12.0 Å². The molecule has 0 aliphatic carbocycles. The van der Waals surface area contributed by atoms with Crippen LogP contribution in [0.25, 0.3) is 20.7 Å². The molecule has 1 aromatic carbocycles. The zero-order valence-electron chi connectivity index (χ0n) is 13.2. The van der Waals surface area contributed by atoms with E-state index in [0.29, 0.717) is 6.42 Å². The number of sulfone groups is 1. The van der Waals surface area contributed by atoms with Gasteiger partial charge in [0.25, 0.3) is 0 Å². The van der Waals surface area contributed by atoms with Gasteiger partial charge in [0.1, 0.15) is 17.0 Å². The van der Waals surface area contributed by atoms with E-state index in [9.17, 15) is 8.42 Å². The van der Waals surface area contributed by atoms with Gasteiger partial charge in [-0.1, -0.05) is 30.3 Å². The Kier molecular flexibility index (Phi) is 3.77. The molecular weight excluding hydrogens is 342 g/mol. The normalized spacial score (nSPS) is 19.6. The Hall–Kier alpha value is -1.99. The monoisotopic (exact) mass is 359 g/mol. The van der Waals surface area contributed by atoms with Crippen LogP contribution in [0.15, 0.2) is 36.7 Å². The number of nitrogens with zero attached hydrogens (tertiary/aromatic N) is 2. The Morgan fingerprint density at radius 1 is 1.21 bits per heavy atom. The molecule has 0 amide bonds. The van der Waals surface area contributed by atoms with Gasteiger partial charge >= 0.3 is 0 Å². The number of hydrogen-bond donors (Lipinski definition) is 1. The number of thiophene rings is 1. The van der Waals surface area contributed by atoms with Crippen molar-refractivity contribution in [2.45, 2.75) is 19.4 Å². The van der Waals surface area contributed by atoms with Gasteiger partial charge in [0.05, 0.1) is 16.9 Å². The van der Waals surface area contributed by atoms with Gasteiger partial charge in [-0.05, 0) is 24.5 Å². The van der Waals surface area contributed by atoms with Crippen LogP contribution in [0.4, 0.5) is 5.82 Å². The number of aryl methyl sites for hydroxylation is 1. The van der Waals surface area contributed by atoms with Crippen LogP contribution < -0.4 is 5.32 Å². The lowest BCUT2D eigenvalue weighted by Gasteiger charge is -2.12. The van der Waals surface area contributed by atoms with Gasteiger partial charge in [0, 0.05) is 10.9 Å². The van der Waals surface area contributed by atoms with Crippen molar-refractivity contribution in [3.8, 4) is 10.4 Å². The maximum atomic E-state index is 11.7. The van der Waals surface area contributed by atoms with E-state index in [1.54, 1.807) is 17.7 Å². The first-order valence-corrected chi connectivity index (χ1v) is 10.4. The Morgan fingerprint density at radius 3 is 2.71 bits per heavy atom. The zero-order valence-corrected chi connectivity index (χ0v) is 14.8. The minimum absolute atomic E-state index is 0.0763. The summed E-state index contributed by atoms with van der Waals surface area (Å²) in [6, 6.07) is 10.1. The summed E-state index contributed by atoms with van der Waals surface area (Å²) in [6.45, 7) is 2.07. The lowest BCUT2D eigenvalue weighted by Crippen LogP contribution is -2.21. The van der Waals surface area contributed by atoms with Gasteiger partial charge in [-0.15, -0.1) is 11.3 Å². The van der Waals surface area contributed by atoms with E-state index in [2.05, 4.69) is 34.3 Å². The third-order valence-electron chi connectivity index (χ3n) is 4.34. The number of nitrogens with one attached hydrogen (secondary N) is 1. The fourth-order valence-electron chi connectivity index (χ4n) is 3.15. The van der Waals surface area contributed by atoms with Crippen molar-refractivity contribution in [1.82, 2.24) is 9.97 Å². The minimum atomic E-state index is -2.92. The van der Waals surface area contributed by atoms with Gasteiger partial charge < -0.3 is 5.32 Å². The van der Waals surface area contributed by atoms with Crippen molar-refractivity contribution in [2.24, 2.45) is 0 Å². The smallest absolute Gasteiger partial charge is 0.152 e. The third-order valence-corrected chi connectivity index (χ3v) is 7.35. The number of anilines is 1. The molecule has 0 saturated carbocycles. The molecule has 1 fully saturated rings. The first kappa shape index (κ1) is 15.5. The van der Waals surface area contributed by atoms with E-state index in [-0.39, 0.29) is 17.5 Å². The minimum Gasteiger partial charge on any atom is -0.366 e. The Bertz CT molecular complexity index is 997.